The molecule has 1 saturated heterocycles. The largest absolute Gasteiger partial charge is 0.338 e. The number of benzene rings is 1. The lowest BCUT2D eigenvalue weighted by Crippen LogP contribution is -2.39. The van der Waals surface area contributed by atoms with Crippen LogP contribution in [0.5, 0.6) is 0 Å². The maximum Gasteiger partial charge on any atom is 0.255 e. The van der Waals surface area contributed by atoms with Crippen molar-refractivity contribution in [1.82, 2.24) is 14.8 Å². The fourth-order valence-electron chi connectivity index (χ4n) is 3.54. The maximum atomic E-state index is 12.9. The first-order valence-electron chi connectivity index (χ1n) is 9.66. The third-order valence-electron chi connectivity index (χ3n) is 5.06. The van der Waals surface area contributed by atoms with Gasteiger partial charge in [0.1, 0.15) is 0 Å². The maximum absolute atomic E-state index is 12.9. The lowest BCUT2D eigenvalue weighted by molar-refractivity contribution is 0.0682. The average Bonchev–Trinajstić information content (AvgIpc) is 2.72. The molecule has 0 aliphatic carbocycles. The molecule has 5 nitrogen and oxygen atoms in total. The first-order chi connectivity index (χ1) is 13.1. The SMILES string of the molecule is CCN(Cc1ccccc1)C(=O)c1cncc(C(=O)N2CCCC(C)C2)c1. The second-order valence-electron chi connectivity index (χ2n) is 7.27. The second kappa shape index (κ2) is 8.80. The van der Waals surface area contributed by atoms with E-state index in [4.69, 9.17) is 0 Å². The van der Waals surface area contributed by atoms with Gasteiger partial charge in [0.15, 0.2) is 0 Å². The van der Waals surface area contributed by atoms with Crippen molar-refractivity contribution in [1.29, 1.82) is 0 Å². The van der Waals surface area contributed by atoms with Crippen LogP contribution in [-0.4, -0.2) is 46.2 Å². The Morgan fingerprint density at radius 2 is 1.93 bits per heavy atom. The monoisotopic (exact) mass is 365 g/mol. The normalized spacial score (nSPS) is 16.8. The summed E-state index contributed by atoms with van der Waals surface area (Å²) < 4.78 is 0. The predicted molar refractivity (Wildman–Crippen MR) is 105 cm³/mol. The summed E-state index contributed by atoms with van der Waals surface area (Å²) in [6, 6.07) is 11.6. The summed E-state index contributed by atoms with van der Waals surface area (Å²) in [6.07, 6.45) is 5.29. The fourth-order valence-corrected chi connectivity index (χ4v) is 3.54. The Morgan fingerprint density at radius 3 is 2.63 bits per heavy atom. The van der Waals surface area contributed by atoms with Crippen LogP contribution in [0.1, 0.15) is 53.0 Å². The summed E-state index contributed by atoms with van der Waals surface area (Å²) in [4.78, 5) is 33.6. The van der Waals surface area contributed by atoms with E-state index in [0.29, 0.717) is 30.1 Å². The van der Waals surface area contributed by atoms with Crippen molar-refractivity contribution < 1.29 is 9.59 Å². The summed E-state index contributed by atoms with van der Waals surface area (Å²) in [5, 5.41) is 0. The van der Waals surface area contributed by atoms with Gasteiger partial charge in [-0.05, 0) is 37.3 Å². The van der Waals surface area contributed by atoms with E-state index in [1.807, 2.05) is 42.2 Å². The Labute approximate surface area is 161 Å². The third-order valence-corrected chi connectivity index (χ3v) is 5.06. The lowest BCUT2D eigenvalue weighted by atomic mass is 9.99. The summed E-state index contributed by atoms with van der Waals surface area (Å²) in [5.74, 6) is 0.382. The van der Waals surface area contributed by atoms with E-state index in [-0.39, 0.29) is 11.8 Å². The number of hydrogen-bond donors (Lipinski definition) is 0. The highest BCUT2D eigenvalue weighted by Gasteiger charge is 2.23. The number of piperidine rings is 1. The molecule has 1 aliphatic heterocycles. The molecular weight excluding hydrogens is 338 g/mol. The standard InChI is InChI=1S/C22H27N3O2/c1-3-24(16-18-9-5-4-6-10-18)21(26)19-12-20(14-23-13-19)22(27)25-11-7-8-17(2)15-25/h4-6,9-10,12-14,17H,3,7-8,11,15-16H2,1-2H3. The molecule has 1 unspecified atom stereocenters. The van der Waals surface area contributed by atoms with Crippen molar-refractivity contribution in [2.75, 3.05) is 19.6 Å². The van der Waals surface area contributed by atoms with Gasteiger partial charge >= 0.3 is 0 Å². The number of pyridine rings is 1. The molecule has 1 aliphatic rings. The number of rotatable bonds is 5. The van der Waals surface area contributed by atoms with E-state index in [2.05, 4.69) is 11.9 Å². The van der Waals surface area contributed by atoms with Crippen LogP contribution in [0.15, 0.2) is 48.8 Å². The molecule has 0 saturated carbocycles. The van der Waals surface area contributed by atoms with E-state index in [9.17, 15) is 9.59 Å². The van der Waals surface area contributed by atoms with Crippen LogP contribution in [-0.2, 0) is 6.54 Å². The zero-order valence-electron chi connectivity index (χ0n) is 16.1. The van der Waals surface area contributed by atoms with Crippen LogP contribution < -0.4 is 0 Å². The number of hydrogen-bond acceptors (Lipinski definition) is 3. The highest BCUT2D eigenvalue weighted by atomic mass is 16.2. The minimum Gasteiger partial charge on any atom is -0.338 e. The van der Waals surface area contributed by atoms with Gasteiger partial charge in [-0.3, -0.25) is 14.6 Å². The van der Waals surface area contributed by atoms with Gasteiger partial charge in [-0.15, -0.1) is 0 Å². The van der Waals surface area contributed by atoms with Crippen LogP contribution in [0, 0.1) is 5.92 Å². The molecule has 0 bridgehead atoms. The molecule has 2 heterocycles. The summed E-state index contributed by atoms with van der Waals surface area (Å²) >= 11 is 0. The Balaban J connectivity index is 1.75. The highest BCUT2D eigenvalue weighted by Crippen LogP contribution is 2.18. The van der Waals surface area contributed by atoms with Gasteiger partial charge in [0.25, 0.3) is 11.8 Å². The highest BCUT2D eigenvalue weighted by molar-refractivity contribution is 5.99. The van der Waals surface area contributed by atoms with E-state index in [1.54, 1.807) is 23.4 Å². The predicted octanol–water partition coefficient (Wildman–Crippen LogP) is 3.62. The minimum absolute atomic E-state index is 0.0326. The first-order valence-corrected chi connectivity index (χ1v) is 9.66. The molecule has 1 aromatic heterocycles. The number of likely N-dealkylation sites (tertiary alicyclic amines) is 1. The Bertz CT molecular complexity index is 791. The van der Waals surface area contributed by atoms with E-state index in [1.165, 1.54) is 0 Å². The quantitative estimate of drug-likeness (QED) is 0.813. The molecule has 2 aromatic rings. The molecule has 142 valence electrons. The Morgan fingerprint density at radius 1 is 1.19 bits per heavy atom. The van der Waals surface area contributed by atoms with Gasteiger partial charge < -0.3 is 9.80 Å². The smallest absolute Gasteiger partial charge is 0.255 e. The van der Waals surface area contributed by atoms with E-state index in [0.717, 1.165) is 31.5 Å². The molecule has 1 fully saturated rings. The van der Waals surface area contributed by atoms with Crippen LogP contribution in [0.2, 0.25) is 0 Å². The lowest BCUT2D eigenvalue weighted by Gasteiger charge is -2.31. The topological polar surface area (TPSA) is 53.5 Å². The average molecular weight is 365 g/mol. The van der Waals surface area contributed by atoms with Gasteiger partial charge in [0.2, 0.25) is 0 Å². The first kappa shape index (κ1) is 19.1. The van der Waals surface area contributed by atoms with Crippen LogP contribution >= 0.6 is 0 Å². The Kier molecular flexibility index (Phi) is 6.22. The van der Waals surface area contributed by atoms with Gasteiger partial charge in [0, 0.05) is 38.6 Å². The van der Waals surface area contributed by atoms with Gasteiger partial charge in [-0.25, -0.2) is 0 Å². The van der Waals surface area contributed by atoms with Crippen molar-refractivity contribution in [2.24, 2.45) is 5.92 Å². The number of amides is 2. The number of aromatic nitrogens is 1. The molecule has 1 aromatic carbocycles. The molecule has 0 N–H and O–H groups in total. The number of nitrogens with zero attached hydrogens (tertiary/aromatic N) is 3. The van der Waals surface area contributed by atoms with Gasteiger partial charge in [-0.2, -0.15) is 0 Å². The molecule has 5 heteroatoms. The zero-order chi connectivity index (χ0) is 19.2. The number of carbonyl (C=O) groups is 2. The fraction of sp³-hybridized carbons (Fsp3) is 0.409. The zero-order valence-corrected chi connectivity index (χ0v) is 16.1. The Hall–Kier alpha value is -2.69. The van der Waals surface area contributed by atoms with Gasteiger partial charge in [-0.1, -0.05) is 37.3 Å². The number of carbonyl (C=O) groups excluding carboxylic acids is 2. The van der Waals surface area contributed by atoms with Crippen molar-refractivity contribution in [3.8, 4) is 0 Å². The van der Waals surface area contributed by atoms with Crippen LogP contribution in [0.3, 0.4) is 0 Å². The molecule has 3 rings (SSSR count). The van der Waals surface area contributed by atoms with Crippen LogP contribution in [0.25, 0.3) is 0 Å². The molecular formula is C22H27N3O2. The summed E-state index contributed by atoms with van der Waals surface area (Å²) in [5.41, 5.74) is 2.03. The summed E-state index contributed by atoms with van der Waals surface area (Å²) in [7, 11) is 0. The molecule has 27 heavy (non-hydrogen) atoms. The minimum atomic E-state index is -0.101. The van der Waals surface area contributed by atoms with E-state index < -0.39 is 0 Å². The van der Waals surface area contributed by atoms with Crippen molar-refractivity contribution in [2.45, 2.75) is 33.2 Å². The van der Waals surface area contributed by atoms with Crippen molar-refractivity contribution in [3.63, 3.8) is 0 Å². The van der Waals surface area contributed by atoms with Gasteiger partial charge in [0.05, 0.1) is 11.1 Å². The molecule has 2 amide bonds. The van der Waals surface area contributed by atoms with Crippen LogP contribution in [0.4, 0.5) is 0 Å². The molecule has 0 radical (unpaired) electrons. The third kappa shape index (κ3) is 4.73. The molecule has 0 spiro atoms. The van der Waals surface area contributed by atoms with Crippen molar-refractivity contribution >= 4 is 11.8 Å². The molecule has 1 atom stereocenters. The van der Waals surface area contributed by atoms with E-state index >= 15 is 0 Å². The second-order valence-corrected chi connectivity index (χ2v) is 7.27. The van der Waals surface area contributed by atoms with Crippen molar-refractivity contribution in [3.05, 3.63) is 65.5 Å². The summed E-state index contributed by atoms with van der Waals surface area (Å²) in [6.45, 7) is 6.80.